The first kappa shape index (κ1) is 11.8. The van der Waals surface area contributed by atoms with Gasteiger partial charge in [0.05, 0.1) is 5.71 Å². The van der Waals surface area contributed by atoms with Crippen molar-refractivity contribution in [2.75, 3.05) is 0 Å². The summed E-state index contributed by atoms with van der Waals surface area (Å²) in [6.45, 7) is 7.62. The fraction of sp³-hybridized carbons (Fsp3) is 0.300. The van der Waals surface area contributed by atoms with Crippen LogP contribution in [0.5, 0.6) is 0 Å². The average Bonchev–Trinajstić information content (AvgIpc) is 1.97. The Labute approximate surface area is 77.0 Å². The SMILES string of the molecule is C=C(C)C(/C=C(/F)C(C)=N)=C(/C)F. The topological polar surface area (TPSA) is 23.9 Å². The molecule has 0 atom stereocenters. The molecule has 1 nitrogen and oxygen atoms in total. The number of halogens is 2. The van der Waals surface area contributed by atoms with E-state index in [4.69, 9.17) is 5.41 Å². The smallest absolute Gasteiger partial charge is 0.144 e. The summed E-state index contributed by atoms with van der Waals surface area (Å²) in [4.78, 5) is 0. The molecule has 0 saturated carbocycles. The van der Waals surface area contributed by atoms with E-state index in [0.717, 1.165) is 6.08 Å². The van der Waals surface area contributed by atoms with Crippen molar-refractivity contribution in [3.8, 4) is 0 Å². The monoisotopic (exact) mass is 185 g/mol. The van der Waals surface area contributed by atoms with Gasteiger partial charge in [-0.05, 0) is 32.4 Å². The highest BCUT2D eigenvalue weighted by Crippen LogP contribution is 2.18. The molecule has 0 spiro atoms. The van der Waals surface area contributed by atoms with E-state index in [2.05, 4.69) is 6.58 Å². The van der Waals surface area contributed by atoms with Crippen molar-refractivity contribution in [1.29, 1.82) is 5.41 Å². The quantitative estimate of drug-likeness (QED) is 0.512. The van der Waals surface area contributed by atoms with Crippen LogP contribution in [0.4, 0.5) is 8.78 Å². The van der Waals surface area contributed by atoms with Crippen LogP contribution in [0.2, 0.25) is 0 Å². The van der Waals surface area contributed by atoms with Crippen LogP contribution in [0.25, 0.3) is 0 Å². The molecule has 72 valence electrons. The molecule has 0 unspecified atom stereocenters. The standard InChI is InChI=1S/C10H13F2N/c1-6(2)9(7(3)11)5-10(12)8(4)13/h5,13H,1H2,2-4H3/b9-7-,10-5+,13-8?. The Morgan fingerprint density at radius 1 is 1.23 bits per heavy atom. The molecule has 0 bridgehead atoms. The Kier molecular flexibility index (Phi) is 4.25. The minimum absolute atomic E-state index is 0.115. The molecule has 0 aliphatic heterocycles. The van der Waals surface area contributed by atoms with Crippen molar-refractivity contribution in [2.24, 2.45) is 0 Å². The van der Waals surface area contributed by atoms with E-state index >= 15 is 0 Å². The van der Waals surface area contributed by atoms with E-state index < -0.39 is 11.7 Å². The Morgan fingerprint density at radius 2 is 1.69 bits per heavy atom. The molecule has 0 aromatic carbocycles. The third kappa shape index (κ3) is 3.78. The van der Waals surface area contributed by atoms with Gasteiger partial charge in [0.2, 0.25) is 0 Å². The lowest BCUT2D eigenvalue weighted by atomic mass is 10.1. The van der Waals surface area contributed by atoms with E-state index in [1.807, 2.05) is 0 Å². The van der Waals surface area contributed by atoms with Gasteiger partial charge in [0.25, 0.3) is 0 Å². The van der Waals surface area contributed by atoms with Gasteiger partial charge in [0.15, 0.2) is 0 Å². The molecular formula is C10H13F2N. The Bertz CT molecular complexity index is 294. The number of rotatable bonds is 3. The van der Waals surface area contributed by atoms with Crippen LogP contribution in [-0.4, -0.2) is 5.71 Å². The molecule has 13 heavy (non-hydrogen) atoms. The van der Waals surface area contributed by atoms with Crippen molar-refractivity contribution in [1.82, 2.24) is 0 Å². The van der Waals surface area contributed by atoms with E-state index in [-0.39, 0.29) is 11.3 Å². The lowest BCUT2D eigenvalue weighted by Gasteiger charge is -2.01. The minimum Gasteiger partial charge on any atom is -0.303 e. The maximum atomic E-state index is 12.9. The lowest BCUT2D eigenvalue weighted by Crippen LogP contribution is -1.91. The van der Waals surface area contributed by atoms with Gasteiger partial charge >= 0.3 is 0 Å². The number of nitrogens with one attached hydrogen (secondary N) is 1. The van der Waals surface area contributed by atoms with Crippen molar-refractivity contribution in [3.05, 3.63) is 35.5 Å². The summed E-state index contributed by atoms with van der Waals surface area (Å²) in [6.07, 6.45) is 0.986. The number of hydrogen-bond acceptors (Lipinski definition) is 1. The highest BCUT2D eigenvalue weighted by atomic mass is 19.1. The van der Waals surface area contributed by atoms with Gasteiger partial charge in [0.1, 0.15) is 11.7 Å². The molecule has 0 aliphatic rings. The first-order chi connectivity index (χ1) is 5.86. The van der Waals surface area contributed by atoms with Crippen LogP contribution in [0, 0.1) is 5.41 Å². The van der Waals surface area contributed by atoms with E-state index in [1.165, 1.54) is 13.8 Å². The maximum absolute atomic E-state index is 12.9. The van der Waals surface area contributed by atoms with Gasteiger partial charge in [-0.3, -0.25) is 0 Å². The largest absolute Gasteiger partial charge is 0.303 e. The highest BCUT2D eigenvalue weighted by Gasteiger charge is 2.04. The molecule has 0 saturated heterocycles. The molecule has 0 radical (unpaired) electrons. The van der Waals surface area contributed by atoms with Crippen LogP contribution >= 0.6 is 0 Å². The number of hydrogen-bond donors (Lipinski definition) is 1. The van der Waals surface area contributed by atoms with Crippen molar-refractivity contribution in [2.45, 2.75) is 20.8 Å². The first-order valence-electron chi connectivity index (χ1n) is 3.81. The molecule has 0 amide bonds. The molecule has 0 aromatic heterocycles. The third-order valence-electron chi connectivity index (χ3n) is 1.46. The molecule has 0 heterocycles. The first-order valence-corrected chi connectivity index (χ1v) is 3.81. The van der Waals surface area contributed by atoms with Crippen LogP contribution in [0.15, 0.2) is 35.5 Å². The Balaban J connectivity index is 5.06. The van der Waals surface area contributed by atoms with Gasteiger partial charge in [-0.1, -0.05) is 6.58 Å². The van der Waals surface area contributed by atoms with Crippen LogP contribution < -0.4 is 0 Å². The fourth-order valence-electron chi connectivity index (χ4n) is 0.752. The highest BCUT2D eigenvalue weighted by molar-refractivity contribution is 5.94. The summed E-state index contributed by atoms with van der Waals surface area (Å²) in [6, 6.07) is 0. The molecule has 0 aromatic rings. The molecule has 3 heteroatoms. The maximum Gasteiger partial charge on any atom is 0.144 e. The molecular weight excluding hydrogens is 172 g/mol. The van der Waals surface area contributed by atoms with Crippen LogP contribution in [0.3, 0.4) is 0 Å². The molecule has 0 aliphatic carbocycles. The van der Waals surface area contributed by atoms with E-state index in [9.17, 15) is 8.78 Å². The van der Waals surface area contributed by atoms with Gasteiger partial charge in [0, 0.05) is 5.57 Å². The predicted molar refractivity (Wildman–Crippen MR) is 51.2 cm³/mol. The van der Waals surface area contributed by atoms with E-state index in [1.54, 1.807) is 6.92 Å². The zero-order valence-electron chi connectivity index (χ0n) is 8.04. The summed E-state index contributed by atoms with van der Waals surface area (Å²) in [5.74, 6) is -1.24. The van der Waals surface area contributed by atoms with Crippen LogP contribution in [-0.2, 0) is 0 Å². The second-order valence-electron chi connectivity index (χ2n) is 2.84. The van der Waals surface area contributed by atoms with Gasteiger partial charge < -0.3 is 5.41 Å². The second kappa shape index (κ2) is 4.70. The predicted octanol–water partition coefficient (Wildman–Crippen LogP) is 3.70. The molecule has 1 N–H and O–H groups in total. The average molecular weight is 185 g/mol. The van der Waals surface area contributed by atoms with Crippen LogP contribution in [0.1, 0.15) is 20.8 Å². The molecule has 0 fully saturated rings. The summed E-state index contributed by atoms with van der Waals surface area (Å²) in [7, 11) is 0. The third-order valence-corrected chi connectivity index (χ3v) is 1.46. The van der Waals surface area contributed by atoms with Gasteiger partial charge in [-0.25, -0.2) is 8.78 Å². The zero-order chi connectivity index (χ0) is 10.6. The summed E-state index contributed by atoms with van der Waals surface area (Å²) in [5.41, 5.74) is 0.334. The Hall–Kier alpha value is -1.25. The number of allylic oxidation sites excluding steroid dienone is 5. The minimum atomic E-state index is -0.741. The second-order valence-corrected chi connectivity index (χ2v) is 2.84. The van der Waals surface area contributed by atoms with Crippen molar-refractivity contribution >= 4 is 5.71 Å². The van der Waals surface area contributed by atoms with Crippen molar-refractivity contribution < 1.29 is 8.78 Å². The van der Waals surface area contributed by atoms with E-state index in [0.29, 0.717) is 5.57 Å². The Morgan fingerprint density at radius 3 is 1.92 bits per heavy atom. The summed E-state index contributed by atoms with van der Waals surface area (Å²) < 4.78 is 25.7. The summed E-state index contributed by atoms with van der Waals surface area (Å²) in [5, 5.41) is 6.96. The zero-order valence-corrected chi connectivity index (χ0v) is 8.04. The summed E-state index contributed by atoms with van der Waals surface area (Å²) >= 11 is 0. The lowest BCUT2D eigenvalue weighted by molar-refractivity contribution is 0.629. The molecule has 0 rings (SSSR count). The van der Waals surface area contributed by atoms with Crippen molar-refractivity contribution in [3.63, 3.8) is 0 Å². The van der Waals surface area contributed by atoms with Gasteiger partial charge in [-0.2, -0.15) is 0 Å². The normalized spacial score (nSPS) is 13.8. The van der Waals surface area contributed by atoms with Gasteiger partial charge in [-0.15, -0.1) is 0 Å². The fourth-order valence-corrected chi connectivity index (χ4v) is 0.752.